The van der Waals surface area contributed by atoms with Gasteiger partial charge in [0.05, 0.1) is 23.1 Å². The van der Waals surface area contributed by atoms with Gasteiger partial charge in [-0.25, -0.2) is 8.42 Å². The molecule has 128 valence electrons. The summed E-state index contributed by atoms with van der Waals surface area (Å²) in [5.41, 5.74) is -0.579. The maximum Gasteiger partial charge on any atom is 0.223 e. The number of rotatable bonds is 6. The Bertz CT molecular complexity index is 482. The van der Waals surface area contributed by atoms with Crippen LogP contribution in [0, 0.1) is 5.92 Å². The number of ether oxygens (including phenoxy) is 1. The molecule has 6 heteroatoms. The highest BCUT2D eigenvalue weighted by Crippen LogP contribution is 2.29. The third-order valence-electron chi connectivity index (χ3n) is 4.82. The van der Waals surface area contributed by atoms with Crippen LogP contribution in [0.2, 0.25) is 0 Å². The number of unbranched alkanes of at least 4 members (excludes halogenated alkanes) is 1. The van der Waals surface area contributed by atoms with Crippen molar-refractivity contribution in [1.29, 1.82) is 0 Å². The van der Waals surface area contributed by atoms with Crippen LogP contribution in [0.15, 0.2) is 0 Å². The highest BCUT2D eigenvalue weighted by atomic mass is 32.2. The van der Waals surface area contributed by atoms with Gasteiger partial charge in [0.25, 0.3) is 0 Å². The Morgan fingerprint density at radius 2 is 1.95 bits per heavy atom. The summed E-state index contributed by atoms with van der Waals surface area (Å²) in [7, 11) is -2.99. The number of carbonyl (C=O) groups is 1. The molecule has 2 aliphatic rings. The van der Waals surface area contributed by atoms with Gasteiger partial charge in [-0.3, -0.25) is 4.79 Å². The molecule has 0 radical (unpaired) electrons. The Morgan fingerprint density at radius 1 is 1.27 bits per heavy atom. The first-order chi connectivity index (χ1) is 10.3. The maximum atomic E-state index is 12.4. The van der Waals surface area contributed by atoms with E-state index in [1.807, 2.05) is 6.92 Å². The zero-order valence-corrected chi connectivity index (χ0v) is 14.6. The van der Waals surface area contributed by atoms with Gasteiger partial charge in [0.15, 0.2) is 9.84 Å². The van der Waals surface area contributed by atoms with Crippen LogP contribution in [0.5, 0.6) is 0 Å². The van der Waals surface area contributed by atoms with Crippen LogP contribution in [0.4, 0.5) is 0 Å². The first-order valence-corrected chi connectivity index (χ1v) is 10.3. The monoisotopic (exact) mass is 331 g/mol. The summed E-state index contributed by atoms with van der Waals surface area (Å²) in [4.78, 5) is 12.4. The number of hydrogen-bond donors (Lipinski definition) is 1. The van der Waals surface area contributed by atoms with Gasteiger partial charge in [-0.1, -0.05) is 13.3 Å². The highest BCUT2D eigenvalue weighted by Gasteiger charge is 2.40. The fourth-order valence-corrected chi connectivity index (χ4v) is 5.49. The molecule has 1 saturated carbocycles. The molecule has 1 saturated heterocycles. The van der Waals surface area contributed by atoms with Crippen molar-refractivity contribution in [2.24, 2.45) is 5.92 Å². The zero-order chi connectivity index (χ0) is 16.2. The average Bonchev–Trinajstić information content (AvgIpc) is 2.73. The van der Waals surface area contributed by atoms with Gasteiger partial charge in [0.1, 0.15) is 0 Å². The Labute approximate surface area is 134 Å². The predicted molar refractivity (Wildman–Crippen MR) is 86.4 cm³/mol. The van der Waals surface area contributed by atoms with Crippen molar-refractivity contribution >= 4 is 15.7 Å². The van der Waals surface area contributed by atoms with Crippen LogP contribution >= 0.6 is 0 Å². The molecular formula is C16H29NO4S. The molecule has 0 aromatic rings. The molecule has 1 N–H and O–H groups in total. The van der Waals surface area contributed by atoms with Crippen LogP contribution in [-0.2, 0) is 19.4 Å². The minimum Gasteiger partial charge on any atom is -0.378 e. The molecule has 1 unspecified atom stereocenters. The molecule has 2 fully saturated rings. The third kappa shape index (κ3) is 4.95. The van der Waals surface area contributed by atoms with Crippen molar-refractivity contribution < 1.29 is 17.9 Å². The Hall–Kier alpha value is -0.620. The van der Waals surface area contributed by atoms with Crippen LogP contribution < -0.4 is 5.32 Å². The summed E-state index contributed by atoms with van der Waals surface area (Å²) in [5.74, 6) is 0.279. The summed E-state index contributed by atoms with van der Waals surface area (Å²) >= 11 is 0. The van der Waals surface area contributed by atoms with Gasteiger partial charge in [0.2, 0.25) is 5.91 Å². The molecule has 1 heterocycles. The van der Waals surface area contributed by atoms with E-state index in [0.717, 1.165) is 45.1 Å². The van der Waals surface area contributed by atoms with Crippen molar-refractivity contribution in [3.8, 4) is 0 Å². The van der Waals surface area contributed by atoms with E-state index in [1.165, 1.54) is 0 Å². The molecule has 1 aliphatic carbocycles. The van der Waals surface area contributed by atoms with Crippen LogP contribution in [0.3, 0.4) is 0 Å². The van der Waals surface area contributed by atoms with Crippen LogP contribution in [-0.4, -0.2) is 44.1 Å². The quantitative estimate of drug-likeness (QED) is 0.756. The second-order valence-corrected chi connectivity index (χ2v) is 9.27. The second kappa shape index (κ2) is 7.30. The summed E-state index contributed by atoms with van der Waals surface area (Å²) in [6.07, 6.45) is 6.58. The van der Waals surface area contributed by atoms with Gasteiger partial charge >= 0.3 is 0 Å². The first-order valence-electron chi connectivity index (χ1n) is 8.48. The van der Waals surface area contributed by atoms with Crippen molar-refractivity contribution in [3.63, 3.8) is 0 Å². The zero-order valence-electron chi connectivity index (χ0n) is 13.8. The normalized spacial score (nSPS) is 34.5. The van der Waals surface area contributed by atoms with Gasteiger partial charge in [-0.15, -0.1) is 0 Å². The smallest absolute Gasteiger partial charge is 0.223 e. The number of carbonyl (C=O) groups excluding carboxylic acids is 1. The van der Waals surface area contributed by atoms with Crippen molar-refractivity contribution in [1.82, 2.24) is 5.32 Å². The number of hydrogen-bond acceptors (Lipinski definition) is 4. The average molecular weight is 331 g/mol. The van der Waals surface area contributed by atoms with Crippen LogP contribution in [0.25, 0.3) is 0 Å². The van der Waals surface area contributed by atoms with E-state index >= 15 is 0 Å². The van der Waals surface area contributed by atoms with Crippen LogP contribution in [0.1, 0.15) is 58.8 Å². The molecule has 0 aromatic heterocycles. The lowest BCUT2D eigenvalue weighted by Crippen LogP contribution is -2.49. The SMILES string of the molecule is CCCCOC1CCC(C(=O)NC2(C)CCS(=O)(=O)C2)CC1. The Kier molecular flexibility index (Phi) is 5.88. The van der Waals surface area contributed by atoms with Gasteiger partial charge in [-0.2, -0.15) is 0 Å². The van der Waals surface area contributed by atoms with E-state index in [-0.39, 0.29) is 29.4 Å². The highest BCUT2D eigenvalue weighted by molar-refractivity contribution is 7.91. The van der Waals surface area contributed by atoms with E-state index in [1.54, 1.807) is 0 Å². The summed E-state index contributed by atoms with van der Waals surface area (Å²) in [6, 6.07) is 0. The second-order valence-electron chi connectivity index (χ2n) is 7.09. The van der Waals surface area contributed by atoms with Gasteiger partial charge in [-0.05, 0) is 45.4 Å². The summed E-state index contributed by atoms with van der Waals surface area (Å²) < 4.78 is 29.0. The molecule has 22 heavy (non-hydrogen) atoms. The van der Waals surface area contributed by atoms with Gasteiger partial charge < -0.3 is 10.1 Å². The topological polar surface area (TPSA) is 72.5 Å². The number of nitrogens with one attached hydrogen (secondary N) is 1. The molecule has 0 bridgehead atoms. The molecule has 1 amide bonds. The summed E-state index contributed by atoms with van der Waals surface area (Å²) in [5, 5.41) is 2.99. The Balaban J connectivity index is 1.76. The first kappa shape index (κ1) is 17.7. The lowest BCUT2D eigenvalue weighted by molar-refractivity contribution is -0.128. The van der Waals surface area contributed by atoms with Gasteiger partial charge in [0, 0.05) is 12.5 Å². The lowest BCUT2D eigenvalue weighted by Gasteiger charge is -2.31. The summed E-state index contributed by atoms with van der Waals surface area (Å²) in [6.45, 7) is 4.80. The standard InChI is InChI=1S/C16H29NO4S/c1-3-4-10-21-14-7-5-13(6-8-14)15(18)17-16(2)9-11-22(19,20)12-16/h13-14H,3-12H2,1-2H3,(H,17,18). The molecule has 2 rings (SSSR count). The Morgan fingerprint density at radius 3 is 2.50 bits per heavy atom. The molecule has 0 spiro atoms. The molecular weight excluding hydrogens is 302 g/mol. The van der Waals surface area contributed by atoms with E-state index in [9.17, 15) is 13.2 Å². The molecule has 1 aliphatic heterocycles. The predicted octanol–water partition coefficient (Wildman–Crippen LogP) is 2.06. The van der Waals surface area contributed by atoms with Crippen molar-refractivity contribution in [2.75, 3.05) is 18.1 Å². The fourth-order valence-electron chi connectivity index (χ4n) is 3.39. The fraction of sp³-hybridized carbons (Fsp3) is 0.938. The molecule has 1 atom stereocenters. The van der Waals surface area contributed by atoms with E-state index in [0.29, 0.717) is 6.42 Å². The molecule has 5 nitrogen and oxygen atoms in total. The van der Waals surface area contributed by atoms with E-state index < -0.39 is 15.4 Å². The minimum atomic E-state index is -2.99. The van der Waals surface area contributed by atoms with Crippen molar-refractivity contribution in [2.45, 2.75) is 70.4 Å². The number of amides is 1. The largest absolute Gasteiger partial charge is 0.378 e. The maximum absolute atomic E-state index is 12.4. The van der Waals surface area contributed by atoms with E-state index in [4.69, 9.17) is 4.74 Å². The van der Waals surface area contributed by atoms with E-state index in [2.05, 4.69) is 12.2 Å². The lowest BCUT2D eigenvalue weighted by atomic mass is 9.86. The minimum absolute atomic E-state index is 0.00570. The molecule has 0 aromatic carbocycles. The van der Waals surface area contributed by atoms with Crippen molar-refractivity contribution in [3.05, 3.63) is 0 Å². The third-order valence-corrected chi connectivity index (χ3v) is 6.73. The number of sulfone groups is 1.